The lowest BCUT2D eigenvalue weighted by Crippen LogP contribution is -2.43. The van der Waals surface area contributed by atoms with Crippen LogP contribution in [0.4, 0.5) is 0 Å². The molecule has 1 aromatic heterocycles. The summed E-state index contributed by atoms with van der Waals surface area (Å²) in [5, 5.41) is 17.0. The second-order valence-electron chi connectivity index (χ2n) is 5.74. The van der Waals surface area contributed by atoms with Crippen molar-refractivity contribution >= 4 is 23.2 Å². The van der Waals surface area contributed by atoms with Gasteiger partial charge in [-0.25, -0.2) is 0 Å². The lowest BCUT2D eigenvalue weighted by Gasteiger charge is -2.30. The first-order chi connectivity index (χ1) is 10.7. The topological polar surface area (TPSA) is 78.4 Å². The van der Waals surface area contributed by atoms with E-state index in [1.807, 2.05) is 11.4 Å². The van der Waals surface area contributed by atoms with Gasteiger partial charge in [0.1, 0.15) is 0 Å². The fourth-order valence-corrected chi connectivity index (χ4v) is 3.48. The lowest BCUT2D eigenvalue weighted by atomic mass is 9.85. The molecule has 1 aliphatic rings. The van der Waals surface area contributed by atoms with Crippen molar-refractivity contribution in [3.63, 3.8) is 0 Å². The summed E-state index contributed by atoms with van der Waals surface area (Å²) >= 11 is 1.41. The first kappa shape index (κ1) is 17.0. The van der Waals surface area contributed by atoms with Crippen molar-refractivity contribution in [2.24, 2.45) is 5.92 Å². The number of carbonyl (C=O) groups excluding carboxylic acids is 2. The van der Waals surface area contributed by atoms with Crippen LogP contribution in [0.2, 0.25) is 0 Å². The number of nitrogens with one attached hydrogen (secondary N) is 2. The van der Waals surface area contributed by atoms with E-state index in [1.165, 1.54) is 11.3 Å². The molecule has 0 aromatic carbocycles. The van der Waals surface area contributed by atoms with Gasteiger partial charge < -0.3 is 15.7 Å². The van der Waals surface area contributed by atoms with Crippen LogP contribution in [0, 0.1) is 5.92 Å². The fraction of sp³-hybridized carbons (Fsp3) is 0.625. The Hall–Kier alpha value is -1.40. The monoisotopic (exact) mass is 324 g/mol. The Morgan fingerprint density at radius 3 is 2.86 bits per heavy atom. The van der Waals surface area contributed by atoms with E-state index in [2.05, 4.69) is 10.6 Å². The van der Waals surface area contributed by atoms with Crippen molar-refractivity contribution in [2.45, 2.75) is 44.6 Å². The third-order valence-corrected chi connectivity index (χ3v) is 4.97. The van der Waals surface area contributed by atoms with E-state index in [0.29, 0.717) is 24.3 Å². The maximum absolute atomic E-state index is 11.9. The Morgan fingerprint density at radius 2 is 2.14 bits per heavy atom. The van der Waals surface area contributed by atoms with Gasteiger partial charge in [0.2, 0.25) is 5.91 Å². The number of thiophene rings is 1. The lowest BCUT2D eigenvalue weighted by molar-refractivity contribution is -0.122. The summed E-state index contributed by atoms with van der Waals surface area (Å²) in [6.45, 7) is 0.639. The van der Waals surface area contributed by atoms with Crippen LogP contribution in [0.3, 0.4) is 0 Å². The van der Waals surface area contributed by atoms with E-state index in [1.54, 1.807) is 6.07 Å². The van der Waals surface area contributed by atoms with Gasteiger partial charge in [0, 0.05) is 31.5 Å². The second-order valence-corrected chi connectivity index (χ2v) is 6.69. The Bertz CT molecular complexity index is 476. The minimum Gasteiger partial charge on any atom is -0.396 e. The van der Waals surface area contributed by atoms with Gasteiger partial charge in [-0.15, -0.1) is 11.3 Å². The molecular weight excluding hydrogens is 300 g/mol. The minimum absolute atomic E-state index is 0.00993. The molecule has 0 spiro atoms. The number of aliphatic hydroxyl groups excluding tert-OH is 1. The molecule has 6 heteroatoms. The predicted octanol–water partition coefficient (Wildman–Crippen LogP) is 1.93. The van der Waals surface area contributed by atoms with Gasteiger partial charge in [-0.05, 0) is 30.7 Å². The number of hydrogen-bond donors (Lipinski definition) is 3. The van der Waals surface area contributed by atoms with E-state index in [-0.39, 0.29) is 30.4 Å². The van der Waals surface area contributed by atoms with E-state index in [9.17, 15) is 14.7 Å². The largest absolute Gasteiger partial charge is 0.396 e. The SMILES string of the molecule is O=C(CCCNC(=O)c1cccs1)NC1CCCCC1CO. The second kappa shape index (κ2) is 8.90. The van der Waals surface area contributed by atoms with Crippen molar-refractivity contribution in [3.05, 3.63) is 22.4 Å². The zero-order valence-corrected chi connectivity index (χ0v) is 13.5. The molecule has 0 aliphatic heterocycles. The zero-order chi connectivity index (χ0) is 15.8. The van der Waals surface area contributed by atoms with Crippen LogP contribution in [-0.2, 0) is 4.79 Å². The van der Waals surface area contributed by atoms with Crippen molar-refractivity contribution in [2.75, 3.05) is 13.2 Å². The molecule has 2 unspecified atom stereocenters. The Balaban J connectivity index is 1.62. The Kier molecular flexibility index (Phi) is 6.86. The number of carbonyl (C=O) groups is 2. The molecule has 1 heterocycles. The van der Waals surface area contributed by atoms with E-state index in [4.69, 9.17) is 0 Å². The highest BCUT2D eigenvalue weighted by atomic mass is 32.1. The molecule has 1 aromatic rings. The molecule has 122 valence electrons. The third-order valence-electron chi connectivity index (χ3n) is 4.10. The molecule has 2 atom stereocenters. The van der Waals surface area contributed by atoms with Gasteiger partial charge in [-0.3, -0.25) is 9.59 Å². The van der Waals surface area contributed by atoms with Crippen LogP contribution >= 0.6 is 11.3 Å². The van der Waals surface area contributed by atoms with Crippen LogP contribution in [-0.4, -0.2) is 36.1 Å². The van der Waals surface area contributed by atoms with E-state index in [0.717, 1.165) is 25.7 Å². The van der Waals surface area contributed by atoms with Gasteiger partial charge in [-0.2, -0.15) is 0 Å². The van der Waals surface area contributed by atoms with Crippen LogP contribution in [0.25, 0.3) is 0 Å². The molecule has 22 heavy (non-hydrogen) atoms. The molecule has 2 amide bonds. The maximum Gasteiger partial charge on any atom is 0.261 e. The fourth-order valence-electron chi connectivity index (χ4n) is 2.84. The smallest absolute Gasteiger partial charge is 0.261 e. The standard InChI is InChI=1S/C16H24N2O3S/c19-11-12-5-1-2-6-13(12)18-15(20)8-3-9-17-16(21)14-7-4-10-22-14/h4,7,10,12-13,19H,1-3,5-6,8-9,11H2,(H,17,21)(H,18,20). The Labute approximate surface area is 135 Å². The zero-order valence-electron chi connectivity index (χ0n) is 12.7. The molecule has 0 bridgehead atoms. The van der Waals surface area contributed by atoms with Crippen molar-refractivity contribution in [1.29, 1.82) is 0 Å². The first-order valence-corrected chi connectivity index (χ1v) is 8.80. The van der Waals surface area contributed by atoms with Gasteiger partial charge in [0.25, 0.3) is 5.91 Å². The molecule has 2 rings (SSSR count). The highest BCUT2D eigenvalue weighted by Crippen LogP contribution is 2.24. The number of rotatable bonds is 7. The number of aliphatic hydroxyl groups is 1. The van der Waals surface area contributed by atoms with Crippen LogP contribution < -0.4 is 10.6 Å². The maximum atomic E-state index is 11.9. The molecule has 5 nitrogen and oxygen atoms in total. The first-order valence-electron chi connectivity index (χ1n) is 7.92. The average Bonchev–Trinajstić information content (AvgIpc) is 3.06. The molecule has 1 fully saturated rings. The number of hydrogen-bond acceptors (Lipinski definition) is 4. The summed E-state index contributed by atoms with van der Waals surface area (Å²) in [4.78, 5) is 24.4. The van der Waals surface area contributed by atoms with Crippen LogP contribution in [0.5, 0.6) is 0 Å². The van der Waals surface area contributed by atoms with Crippen LogP contribution in [0.1, 0.15) is 48.2 Å². The van der Waals surface area contributed by atoms with E-state index < -0.39 is 0 Å². The normalized spacial score (nSPS) is 21.3. The van der Waals surface area contributed by atoms with Gasteiger partial charge in [0.15, 0.2) is 0 Å². The molecule has 0 saturated heterocycles. The predicted molar refractivity (Wildman–Crippen MR) is 86.9 cm³/mol. The third kappa shape index (κ3) is 5.10. The Morgan fingerprint density at radius 1 is 1.32 bits per heavy atom. The molecule has 0 radical (unpaired) electrons. The summed E-state index contributed by atoms with van der Waals surface area (Å²) < 4.78 is 0. The minimum atomic E-state index is -0.0805. The quantitative estimate of drug-likeness (QED) is 0.671. The summed E-state index contributed by atoms with van der Waals surface area (Å²) in [6.07, 6.45) is 5.20. The van der Waals surface area contributed by atoms with Crippen molar-refractivity contribution < 1.29 is 14.7 Å². The van der Waals surface area contributed by atoms with Gasteiger partial charge in [-0.1, -0.05) is 18.9 Å². The van der Waals surface area contributed by atoms with E-state index >= 15 is 0 Å². The molecular formula is C16H24N2O3S. The number of amides is 2. The van der Waals surface area contributed by atoms with Crippen molar-refractivity contribution in [3.8, 4) is 0 Å². The summed E-state index contributed by atoms with van der Waals surface area (Å²) in [5.74, 6) is 0.120. The summed E-state index contributed by atoms with van der Waals surface area (Å²) in [7, 11) is 0. The van der Waals surface area contributed by atoms with Gasteiger partial charge >= 0.3 is 0 Å². The highest BCUT2D eigenvalue weighted by Gasteiger charge is 2.25. The average molecular weight is 324 g/mol. The molecule has 3 N–H and O–H groups in total. The van der Waals surface area contributed by atoms with Crippen LogP contribution in [0.15, 0.2) is 17.5 Å². The van der Waals surface area contributed by atoms with Crippen molar-refractivity contribution in [1.82, 2.24) is 10.6 Å². The summed E-state index contributed by atoms with van der Waals surface area (Å²) in [6, 6.07) is 3.73. The molecule has 1 aliphatic carbocycles. The highest BCUT2D eigenvalue weighted by molar-refractivity contribution is 7.12. The summed E-state index contributed by atoms with van der Waals surface area (Å²) in [5.41, 5.74) is 0. The molecule has 1 saturated carbocycles. The van der Waals surface area contributed by atoms with Gasteiger partial charge in [0.05, 0.1) is 4.88 Å².